The van der Waals surface area contributed by atoms with Gasteiger partial charge in [-0.1, -0.05) is 12.1 Å². The number of nitrogens with one attached hydrogen (secondary N) is 1. The number of methoxy groups -OCH3 is 1. The van der Waals surface area contributed by atoms with Crippen molar-refractivity contribution in [3.05, 3.63) is 23.8 Å². The SMILES string of the molecule is COc1cccc2c1N1CCNC(=O)C1C2. The number of amides is 1. The molecule has 0 saturated carbocycles. The summed E-state index contributed by atoms with van der Waals surface area (Å²) in [5, 5.41) is 2.90. The topological polar surface area (TPSA) is 41.6 Å². The zero-order chi connectivity index (χ0) is 11.1. The fraction of sp³-hybridized carbons (Fsp3) is 0.417. The number of hydrogen-bond acceptors (Lipinski definition) is 3. The average Bonchev–Trinajstić information content (AvgIpc) is 2.69. The maximum absolute atomic E-state index is 11.8. The van der Waals surface area contributed by atoms with E-state index in [1.54, 1.807) is 7.11 Å². The summed E-state index contributed by atoms with van der Waals surface area (Å²) in [6.07, 6.45) is 0.790. The highest BCUT2D eigenvalue weighted by Gasteiger charge is 2.38. The van der Waals surface area contributed by atoms with Gasteiger partial charge in [0.05, 0.1) is 12.8 Å². The highest BCUT2D eigenvalue weighted by atomic mass is 16.5. The van der Waals surface area contributed by atoms with Gasteiger partial charge in [-0.2, -0.15) is 0 Å². The molecule has 1 N–H and O–H groups in total. The minimum atomic E-state index is -0.0416. The van der Waals surface area contributed by atoms with Gasteiger partial charge in [-0.15, -0.1) is 0 Å². The Balaban J connectivity index is 2.07. The fourth-order valence-electron chi connectivity index (χ4n) is 2.62. The molecule has 4 heteroatoms. The number of piperazine rings is 1. The van der Waals surface area contributed by atoms with Crippen LogP contribution in [0.2, 0.25) is 0 Å². The average molecular weight is 218 g/mol. The third-order valence-electron chi connectivity index (χ3n) is 3.33. The molecule has 2 aliphatic heterocycles. The molecule has 1 aromatic rings. The van der Waals surface area contributed by atoms with E-state index < -0.39 is 0 Å². The van der Waals surface area contributed by atoms with E-state index in [1.807, 2.05) is 12.1 Å². The number of hydrogen-bond donors (Lipinski definition) is 1. The van der Waals surface area contributed by atoms with Crippen LogP contribution in [0.1, 0.15) is 5.56 Å². The molecule has 0 bridgehead atoms. The molecule has 1 atom stereocenters. The van der Waals surface area contributed by atoms with Crippen molar-refractivity contribution in [2.24, 2.45) is 0 Å². The van der Waals surface area contributed by atoms with Gasteiger partial charge in [-0.3, -0.25) is 4.79 Å². The van der Waals surface area contributed by atoms with Crippen molar-refractivity contribution in [3.8, 4) is 5.75 Å². The molecule has 84 valence electrons. The summed E-state index contributed by atoms with van der Waals surface area (Å²) in [4.78, 5) is 13.9. The van der Waals surface area contributed by atoms with Gasteiger partial charge >= 0.3 is 0 Å². The van der Waals surface area contributed by atoms with Crippen LogP contribution in [-0.4, -0.2) is 32.1 Å². The van der Waals surface area contributed by atoms with Crippen LogP contribution in [0.5, 0.6) is 5.75 Å². The summed E-state index contributed by atoms with van der Waals surface area (Å²) >= 11 is 0. The molecular weight excluding hydrogens is 204 g/mol. The van der Waals surface area contributed by atoms with Crippen molar-refractivity contribution in [1.82, 2.24) is 5.32 Å². The normalized spacial score (nSPS) is 22.4. The number of para-hydroxylation sites is 1. The predicted octanol–water partition coefficient (Wildman–Crippen LogP) is 0.556. The molecule has 2 heterocycles. The highest BCUT2D eigenvalue weighted by Crippen LogP contribution is 2.40. The van der Waals surface area contributed by atoms with E-state index in [1.165, 1.54) is 5.56 Å². The second kappa shape index (κ2) is 3.40. The van der Waals surface area contributed by atoms with Crippen LogP contribution in [0.4, 0.5) is 5.69 Å². The molecule has 1 fully saturated rings. The molecule has 0 aromatic heterocycles. The number of anilines is 1. The lowest BCUT2D eigenvalue weighted by atomic mass is 10.1. The first-order valence-electron chi connectivity index (χ1n) is 5.51. The van der Waals surface area contributed by atoms with Gasteiger partial charge in [-0.05, 0) is 11.6 Å². The molecular formula is C12H14N2O2. The number of nitrogens with zero attached hydrogens (tertiary/aromatic N) is 1. The Hall–Kier alpha value is -1.71. The van der Waals surface area contributed by atoms with Crippen LogP contribution in [0.3, 0.4) is 0 Å². The number of rotatable bonds is 1. The first-order chi connectivity index (χ1) is 7.81. The van der Waals surface area contributed by atoms with Gasteiger partial charge in [0.15, 0.2) is 0 Å². The Labute approximate surface area is 94.2 Å². The number of ether oxygens (including phenoxy) is 1. The highest BCUT2D eigenvalue weighted by molar-refractivity contribution is 5.90. The van der Waals surface area contributed by atoms with Crippen molar-refractivity contribution in [3.63, 3.8) is 0 Å². The Morgan fingerprint density at radius 3 is 3.19 bits per heavy atom. The summed E-state index contributed by atoms with van der Waals surface area (Å²) in [7, 11) is 1.67. The quantitative estimate of drug-likeness (QED) is 0.748. The number of fused-ring (bicyclic) bond motifs is 3. The zero-order valence-electron chi connectivity index (χ0n) is 9.19. The predicted molar refractivity (Wildman–Crippen MR) is 60.8 cm³/mol. The maximum Gasteiger partial charge on any atom is 0.243 e. The summed E-state index contributed by atoms with van der Waals surface area (Å²) < 4.78 is 5.37. The van der Waals surface area contributed by atoms with Crippen LogP contribution in [-0.2, 0) is 11.2 Å². The smallest absolute Gasteiger partial charge is 0.243 e. The molecule has 1 unspecified atom stereocenters. The van der Waals surface area contributed by atoms with E-state index in [9.17, 15) is 4.79 Å². The van der Waals surface area contributed by atoms with E-state index in [0.717, 1.165) is 24.4 Å². The fourth-order valence-corrected chi connectivity index (χ4v) is 2.62. The molecule has 4 nitrogen and oxygen atoms in total. The van der Waals surface area contributed by atoms with Crippen molar-refractivity contribution in [2.45, 2.75) is 12.5 Å². The minimum Gasteiger partial charge on any atom is -0.495 e. The second-order valence-electron chi connectivity index (χ2n) is 4.17. The van der Waals surface area contributed by atoms with Crippen LogP contribution in [0.25, 0.3) is 0 Å². The monoisotopic (exact) mass is 218 g/mol. The standard InChI is InChI=1S/C12H14N2O2/c1-16-10-4-2-3-8-7-9-12(15)13-5-6-14(9)11(8)10/h2-4,9H,5-7H2,1H3,(H,13,15). The maximum atomic E-state index is 11.8. The number of carbonyl (C=O) groups is 1. The molecule has 1 saturated heterocycles. The van der Waals surface area contributed by atoms with E-state index in [2.05, 4.69) is 16.3 Å². The summed E-state index contributed by atoms with van der Waals surface area (Å²) in [6, 6.07) is 5.96. The molecule has 2 aliphatic rings. The third kappa shape index (κ3) is 1.19. The van der Waals surface area contributed by atoms with Gasteiger partial charge in [0.1, 0.15) is 11.8 Å². The Bertz CT molecular complexity index is 445. The molecule has 1 amide bonds. The molecule has 0 spiro atoms. The van der Waals surface area contributed by atoms with E-state index >= 15 is 0 Å². The minimum absolute atomic E-state index is 0.0416. The van der Waals surface area contributed by atoms with Gasteiger partial charge in [0.2, 0.25) is 5.91 Å². The summed E-state index contributed by atoms with van der Waals surface area (Å²) in [6.45, 7) is 1.58. The van der Waals surface area contributed by atoms with E-state index in [4.69, 9.17) is 4.74 Å². The lowest BCUT2D eigenvalue weighted by Gasteiger charge is -2.32. The molecule has 16 heavy (non-hydrogen) atoms. The van der Waals surface area contributed by atoms with Crippen molar-refractivity contribution in [1.29, 1.82) is 0 Å². The van der Waals surface area contributed by atoms with Crippen LogP contribution >= 0.6 is 0 Å². The summed E-state index contributed by atoms with van der Waals surface area (Å²) in [5.74, 6) is 0.999. The number of benzene rings is 1. The first kappa shape index (κ1) is 9.51. The molecule has 3 rings (SSSR count). The van der Waals surface area contributed by atoms with E-state index in [0.29, 0.717) is 6.54 Å². The lowest BCUT2D eigenvalue weighted by molar-refractivity contribution is -0.123. The van der Waals surface area contributed by atoms with Crippen molar-refractivity contribution < 1.29 is 9.53 Å². The van der Waals surface area contributed by atoms with Crippen molar-refractivity contribution >= 4 is 11.6 Å². The largest absolute Gasteiger partial charge is 0.495 e. The zero-order valence-corrected chi connectivity index (χ0v) is 9.19. The van der Waals surface area contributed by atoms with Gasteiger partial charge in [0, 0.05) is 19.5 Å². The Kier molecular flexibility index (Phi) is 2.02. The Morgan fingerprint density at radius 1 is 1.50 bits per heavy atom. The first-order valence-corrected chi connectivity index (χ1v) is 5.51. The summed E-state index contributed by atoms with van der Waals surface area (Å²) in [5.41, 5.74) is 2.31. The van der Waals surface area contributed by atoms with Crippen LogP contribution in [0.15, 0.2) is 18.2 Å². The van der Waals surface area contributed by atoms with E-state index in [-0.39, 0.29) is 11.9 Å². The molecule has 0 radical (unpaired) electrons. The van der Waals surface area contributed by atoms with Crippen LogP contribution < -0.4 is 15.0 Å². The van der Waals surface area contributed by atoms with Crippen LogP contribution in [0, 0.1) is 0 Å². The Morgan fingerprint density at radius 2 is 2.38 bits per heavy atom. The number of carbonyl (C=O) groups excluding carboxylic acids is 1. The lowest BCUT2D eigenvalue weighted by Crippen LogP contribution is -2.53. The van der Waals surface area contributed by atoms with Gasteiger partial charge in [0.25, 0.3) is 0 Å². The second-order valence-corrected chi connectivity index (χ2v) is 4.17. The molecule has 0 aliphatic carbocycles. The van der Waals surface area contributed by atoms with Crippen molar-refractivity contribution in [2.75, 3.05) is 25.1 Å². The molecule has 1 aromatic carbocycles. The van der Waals surface area contributed by atoms with Gasteiger partial charge < -0.3 is 15.0 Å². The third-order valence-corrected chi connectivity index (χ3v) is 3.33. The van der Waals surface area contributed by atoms with Gasteiger partial charge in [-0.25, -0.2) is 0 Å².